The minimum Gasteiger partial charge on any atom is -0.281 e. The Morgan fingerprint density at radius 3 is 0.930 bits per heavy atom. The quantitative estimate of drug-likeness (QED) is 0.0787. The number of hydrogen-bond donors (Lipinski definition) is 0. The van der Waals surface area contributed by atoms with Crippen molar-refractivity contribution in [2.24, 2.45) is 0 Å². The molecule has 0 atom stereocenters. The Hall–Kier alpha value is -1.51. The van der Waals surface area contributed by atoms with Crippen LogP contribution >= 0.6 is 11.6 Å². The lowest BCUT2D eigenvalue weighted by molar-refractivity contribution is -0.474. The van der Waals surface area contributed by atoms with E-state index in [-0.39, 0.29) is 32.1 Å². The highest BCUT2D eigenvalue weighted by Gasteiger charge is 2.97. The van der Waals surface area contributed by atoms with Crippen molar-refractivity contribution in [1.82, 2.24) is 0 Å². The third-order valence-corrected chi connectivity index (χ3v) is 6.13. The topological polar surface area (TPSA) is 17.1 Å². The van der Waals surface area contributed by atoms with Crippen molar-refractivity contribution in [3.63, 3.8) is 0 Å². The third kappa shape index (κ3) is 7.01. The van der Waals surface area contributed by atoms with Crippen molar-refractivity contribution < 1.29 is 97.0 Å². The van der Waals surface area contributed by atoms with Crippen molar-refractivity contribution in [2.45, 2.75) is 117 Å². The van der Waals surface area contributed by atoms with E-state index in [4.69, 9.17) is 11.6 Å². The molecule has 0 saturated heterocycles. The summed E-state index contributed by atoms with van der Waals surface area (Å²) in [6.07, 6.45) is -11.6. The Morgan fingerprint density at radius 1 is 0.372 bits per heavy atom. The second-order valence-corrected chi connectivity index (χ2v) is 9.55. The van der Waals surface area contributed by atoms with E-state index < -0.39 is 84.0 Å². The molecule has 0 amide bonds. The summed E-state index contributed by atoms with van der Waals surface area (Å²) in [6.45, 7) is 0. The number of alkyl halides is 21. The zero-order valence-electron chi connectivity index (χ0n) is 20.6. The van der Waals surface area contributed by atoms with E-state index in [9.17, 15) is 97.0 Å². The lowest BCUT2D eigenvalue weighted by atomic mass is 9.85. The van der Waals surface area contributed by atoms with Crippen LogP contribution in [0.5, 0.6) is 0 Å². The Labute approximate surface area is 232 Å². The van der Waals surface area contributed by atoms with Gasteiger partial charge in [-0.15, -0.1) is 0 Å². The van der Waals surface area contributed by atoms with Gasteiger partial charge >= 0.3 is 59.5 Å². The van der Waals surface area contributed by atoms with Crippen molar-refractivity contribution in [1.29, 1.82) is 0 Å². The molecule has 1 nitrogen and oxygen atoms in total. The van der Waals surface area contributed by atoms with Crippen LogP contribution in [0.25, 0.3) is 0 Å². The normalized spacial score (nSPS) is 15.7. The van der Waals surface area contributed by atoms with Crippen LogP contribution in [0.1, 0.15) is 57.8 Å². The van der Waals surface area contributed by atoms with Gasteiger partial charge in [0.25, 0.3) is 0 Å². The molecule has 258 valence electrons. The Bertz CT molecular complexity index is 939. The summed E-state index contributed by atoms with van der Waals surface area (Å²) < 4.78 is 280. The molecule has 0 heterocycles. The van der Waals surface area contributed by atoms with Gasteiger partial charge in [-0.1, -0.05) is 32.1 Å². The maximum atomic E-state index is 13.8. The van der Waals surface area contributed by atoms with E-state index in [1.165, 1.54) is 0 Å². The molecule has 0 radical (unpaired) electrons. The van der Waals surface area contributed by atoms with Crippen molar-refractivity contribution in [2.75, 3.05) is 0 Å². The van der Waals surface area contributed by atoms with Crippen LogP contribution in [0.2, 0.25) is 0 Å². The second-order valence-electron chi connectivity index (χ2n) is 9.13. The molecule has 0 rings (SSSR count). The first kappa shape index (κ1) is 41.5. The minimum absolute atomic E-state index is 0.0488. The highest BCUT2D eigenvalue weighted by molar-refractivity contribution is 6.63. The lowest BCUT2D eigenvalue weighted by Crippen LogP contribution is -2.76. The van der Waals surface area contributed by atoms with Crippen molar-refractivity contribution >= 4 is 16.8 Å². The zero-order valence-corrected chi connectivity index (χ0v) is 21.3. The fourth-order valence-corrected chi connectivity index (χ4v) is 3.38. The molecule has 0 fully saturated rings. The molecule has 0 bridgehead atoms. The van der Waals surface area contributed by atoms with Gasteiger partial charge in [0.05, 0.1) is 0 Å². The van der Waals surface area contributed by atoms with Crippen LogP contribution in [0.3, 0.4) is 0 Å². The van der Waals surface area contributed by atoms with Crippen LogP contribution in [-0.4, -0.2) is 64.7 Å². The van der Waals surface area contributed by atoms with Crippen molar-refractivity contribution in [3.8, 4) is 0 Å². The maximum absolute atomic E-state index is 13.8. The number of carbonyl (C=O) groups is 1. The molecule has 0 aromatic carbocycles. The smallest absolute Gasteiger partial charge is 0.281 e. The fourth-order valence-electron chi connectivity index (χ4n) is 3.24. The predicted molar refractivity (Wildman–Crippen MR) is 103 cm³/mol. The molecule has 0 aliphatic carbocycles. The lowest BCUT2D eigenvalue weighted by Gasteiger charge is -2.44. The molecule has 0 aliphatic rings. The van der Waals surface area contributed by atoms with Crippen LogP contribution in [0, 0.1) is 0 Å². The van der Waals surface area contributed by atoms with Gasteiger partial charge in [0.1, 0.15) is 0 Å². The summed E-state index contributed by atoms with van der Waals surface area (Å²) in [4.78, 5) is 10.5. The van der Waals surface area contributed by atoms with Gasteiger partial charge in [0.2, 0.25) is 5.24 Å². The van der Waals surface area contributed by atoms with Gasteiger partial charge in [0, 0.05) is 12.8 Å². The standard InChI is InChI=1S/C20H18ClF21O/c21-10(43)8-6-4-2-1-3-5-7-9-11(22,23)12(24,25)13(26,27)14(28,29)15(30,31)16(32,33)17(34,35)18(36,37)19(38,39)20(40,41)42/h1-9H2. The van der Waals surface area contributed by atoms with Gasteiger partial charge in [0.15, 0.2) is 0 Å². The summed E-state index contributed by atoms with van der Waals surface area (Å²) in [5.41, 5.74) is 0. The SMILES string of the molecule is O=C(Cl)CCCCCCCCCC(F)(F)C(F)(F)C(F)(F)C(F)(F)C(F)(F)C(F)(F)C(F)(F)C(F)(F)C(F)(F)C(F)(F)F. The summed E-state index contributed by atoms with van der Waals surface area (Å²) >= 11 is 5.04. The highest BCUT2D eigenvalue weighted by Crippen LogP contribution is 2.66. The van der Waals surface area contributed by atoms with E-state index in [0.717, 1.165) is 0 Å². The van der Waals surface area contributed by atoms with Crippen molar-refractivity contribution in [3.05, 3.63) is 0 Å². The van der Waals surface area contributed by atoms with Gasteiger partial charge < -0.3 is 0 Å². The van der Waals surface area contributed by atoms with E-state index in [2.05, 4.69) is 0 Å². The summed E-state index contributed by atoms with van der Waals surface area (Å²) in [5.74, 6) is -76.6. The molecule has 23 heteroatoms. The summed E-state index contributed by atoms with van der Waals surface area (Å²) in [6, 6.07) is 0. The second kappa shape index (κ2) is 12.7. The third-order valence-electron chi connectivity index (χ3n) is 5.94. The fraction of sp³-hybridized carbons (Fsp3) is 0.950. The number of hydrogen-bond acceptors (Lipinski definition) is 1. The Kier molecular flexibility index (Phi) is 12.3. The molecule has 43 heavy (non-hydrogen) atoms. The predicted octanol–water partition coefficient (Wildman–Crippen LogP) is 10.5. The monoisotopic (exact) mass is 708 g/mol. The maximum Gasteiger partial charge on any atom is 0.460 e. The Balaban J connectivity index is 6.12. The molecular formula is C20H18ClF21O. The number of unbranched alkanes of at least 4 members (excludes halogenated alkanes) is 6. The minimum atomic E-state index is -9.16. The number of halogens is 22. The largest absolute Gasteiger partial charge is 0.460 e. The summed E-state index contributed by atoms with van der Waals surface area (Å²) in [7, 11) is 0. The van der Waals surface area contributed by atoms with Crippen LogP contribution in [0.4, 0.5) is 92.2 Å². The van der Waals surface area contributed by atoms with E-state index in [1.54, 1.807) is 0 Å². The molecule has 0 aromatic heterocycles. The zero-order chi connectivity index (χ0) is 34.9. The first-order valence-electron chi connectivity index (χ1n) is 11.3. The van der Waals surface area contributed by atoms with E-state index in [0.29, 0.717) is 6.42 Å². The van der Waals surface area contributed by atoms with Gasteiger partial charge in [-0.2, -0.15) is 92.2 Å². The molecule has 0 aliphatic heterocycles. The highest BCUT2D eigenvalue weighted by atomic mass is 35.5. The molecule has 0 N–H and O–H groups in total. The molecule has 0 aromatic rings. The van der Waals surface area contributed by atoms with Gasteiger partial charge in [-0.05, 0) is 24.4 Å². The van der Waals surface area contributed by atoms with Gasteiger partial charge in [-0.25, -0.2) is 0 Å². The Morgan fingerprint density at radius 2 is 0.628 bits per heavy atom. The molecule has 0 spiro atoms. The average Bonchev–Trinajstić information content (AvgIpc) is 2.80. The van der Waals surface area contributed by atoms with Crippen LogP contribution < -0.4 is 0 Å². The van der Waals surface area contributed by atoms with Crippen LogP contribution in [0.15, 0.2) is 0 Å². The van der Waals surface area contributed by atoms with Gasteiger partial charge in [-0.3, -0.25) is 4.79 Å². The summed E-state index contributed by atoms with van der Waals surface area (Å²) in [5, 5.41) is -0.693. The molecular weight excluding hydrogens is 691 g/mol. The first-order valence-corrected chi connectivity index (χ1v) is 11.7. The first-order chi connectivity index (χ1) is 18.7. The number of rotatable bonds is 18. The van der Waals surface area contributed by atoms with Crippen LogP contribution in [-0.2, 0) is 4.79 Å². The number of carbonyl (C=O) groups excluding carboxylic acids is 1. The molecule has 0 saturated carbocycles. The average molecular weight is 709 g/mol. The van der Waals surface area contributed by atoms with E-state index >= 15 is 0 Å². The van der Waals surface area contributed by atoms with E-state index in [1.807, 2.05) is 0 Å². The molecule has 0 unspecified atom stereocenters.